The topological polar surface area (TPSA) is 68.0 Å². The standard InChI is InChI=1S/C13H19N3O.2ClH/c14-9-12(10-4-5-10)16-13(17)7-6-11-3-1-2-8-15-11;;/h1-3,8,10,12H,4-7,9,14H2,(H,16,17);2*1H. The summed E-state index contributed by atoms with van der Waals surface area (Å²) in [6, 6.07) is 5.93. The Balaban J connectivity index is 0.00000162. The van der Waals surface area contributed by atoms with Gasteiger partial charge in [0, 0.05) is 30.9 Å². The lowest BCUT2D eigenvalue weighted by atomic mass is 10.1. The minimum Gasteiger partial charge on any atom is -0.352 e. The number of carbonyl (C=O) groups is 1. The summed E-state index contributed by atoms with van der Waals surface area (Å²) < 4.78 is 0. The number of carbonyl (C=O) groups excluding carboxylic acids is 1. The fourth-order valence-corrected chi connectivity index (χ4v) is 1.93. The molecule has 0 bridgehead atoms. The highest BCUT2D eigenvalue weighted by atomic mass is 35.5. The van der Waals surface area contributed by atoms with Gasteiger partial charge in [0.1, 0.15) is 0 Å². The van der Waals surface area contributed by atoms with Gasteiger partial charge in [0.05, 0.1) is 0 Å². The molecule has 19 heavy (non-hydrogen) atoms. The van der Waals surface area contributed by atoms with Crippen LogP contribution in [0.3, 0.4) is 0 Å². The second kappa shape index (κ2) is 9.13. The molecule has 1 amide bonds. The zero-order valence-electron chi connectivity index (χ0n) is 10.7. The van der Waals surface area contributed by atoms with E-state index in [0.29, 0.717) is 25.3 Å². The van der Waals surface area contributed by atoms with E-state index in [2.05, 4.69) is 10.3 Å². The molecule has 0 aromatic carbocycles. The van der Waals surface area contributed by atoms with Gasteiger partial charge < -0.3 is 11.1 Å². The first-order valence-corrected chi connectivity index (χ1v) is 6.19. The number of halogens is 2. The molecule has 1 aromatic heterocycles. The molecule has 3 N–H and O–H groups in total. The highest BCUT2D eigenvalue weighted by Crippen LogP contribution is 2.32. The smallest absolute Gasteiger partial charge is 0.220 e. The van der Waals surface area contributed by atoms with Gasteiger partial charge in [-0.25, -0.2) is 0 Å². The molecule has 2 rings (SSSR count). The van der Waals surface area contributed by atoms with Gasteiger partial charge in [-0.2, -0.15) is 0 Å². The summed E-state index contributed by atoms with van der Waals surface area (Å²) in [5.74, 6) is 0.691. The van der Waals surface area contributed by atoms with Gasteiger partial charge >= 0.3 is 0 Å². The Morgan fingerprint density at radius 2 is 2.16 bits per heavy atom. The van der Waals surface area contributed by atoms with Crippen LogP contribution < -0.4 is 11.1 Å². The summed E-state index contributed by atoms with van der Waals surface area (Å²) in [7, 11) is 0. The normalized spacial score (nSPS) is 14.8. The summed E-state index contributed by atoms with van der Waals surface area (Å²) in [6.45, 7) is 0.542. The molecule has 0 radical (unpaired) electrons. The van der Waals surface area contributed by atoms with Gasteiger partial charge in [-0.15, -0.1) is 24.8 Å². The average molecular weight is 306 g/mol. The number of pyridine rings is 1. The largest absolute Gasteiger partial charge is 0.352 e. The SMILES string of the molecule is Cl.Cl.NCC(NC(=O)CCc1ccccn1)C1CC1. The van der Waals surface area contributed by atoms with E-state index in [1.807, 2.05) is 18.2 Å². The van der Waals surface area contributed by atoms with E-state index in [1.165, 1.54) is 12.8 Å². The molecule has 4 nitrogen and oxygen atoms in total. The van der Waals surface area contributed by atoms with Crippen molar-refractivity contribution in [1.82, 2.24) is 10.3 Å². The minimum atomic E-state index is 0. The number of hydrogen-bond acceptors (Lipinski definition) is 3. The van der Waals surface area contributed by atoms with Crippen LogP contribution in [0, 0.1) is 5.92 Å². The first kappa shape index (κ1) is 18.2. The van der Waals surface area contributed by atoms with E-state index in [1.54, 1.807) is 6.20 Å². The Hall–Kier alpha value is -0.840. The lowest BCUT2D eigenvalue weighted by molar-refractivity contribution is -0.121. The van der Waals surface area contributed by atoms with Crippen LogP contribution in [0.2, 0.25) is 0 Å². The summed E-state index contributed by atoms with van der Waals surface area (Å²) >= 11 is 0. The molecule has 1 aromatic rings. The van der Waals surface area contributed by atoms with E-state index in [-0.39, 0.29) is 36.8 Å². The van der Waals surface area contributed by atoms with Crippen LogP contribution >= 0.6 is 24.8 Å². The maximum absolute atomic E-state index is 11.7. The molecular formula is C13H21Cl2N3O. The van der Waals surface area contributed by atoms with Gasteiger partial charge in [0.15, 0.2) is 0 Å². The van der Waals surface area contributed by atoms with Gasteiger partial charge in [-0.05, 0) is 37.3 Å². The van der Waals surface area contributed by atoms with Crippen molar-refractivity contribution in [2.75, 3.05) is 6.54 Å². The van der Waals surface area contributed by atoms with E-state index in [4.69, 9.17) is 5.73 Å². The molecule has 1 heterocycles. The van der Waals surface area contributed by atoms with Gasteiger partial charge in [-0.3, -0.25) is 9.78 Å². The molecular weight excluding hydrogens is 285 g/mol. The Morgan fingerprint density at radius 3 is 2.68 bits per heavy atom. The predicted octanol–water partition coefficient (Wildman–Crippen LogP) is 1.71. The van der Waals surface area contributed by atoms with Crippen LogP contribution in [-0.2, 0) is 11.2 Å². The van der Waals surface area contributed by atoms with Crippen LogP contribution in [-0.4, -0.2) is 23.5 Å². The van der Waals surface area contributed by atoms with Crippen LogP contribution in [0.1, 0.15) is 25.0 Å². The first-order valence-electron chi connectivity index (χ1n) is 6.19. The van der Waals surface area contributed by atoms with E-state index in [0.717, 1.165) is 5.69 Å². The Kier molecular flexibility index (Phi) is 8.72. The molecule has 1 atom stereocenters. The van der Waals surface area contributed by atoms with Crippen LogP contribution in [0.25, 0.3) is 0 Å². The number of amides is 1. The van der Waals surface area contributed by atoms with E-state index >= 15 is 0 Å². The maximum Gasteiger partial charge on any atom is 0.220 e. The van der Waals surface area contributed by atoms with Crippen molar-refractivity contribution in [2.45, 2.75) is 31.7 Å². The van der Waals surface area contributed by atoms with Gasteiger partial charge in [-0.1, -0.05) is 6.07 Å². The Morgan fingerprint density at radius 1 is 1.42 bits per heavy atom. The Labute approximate surface area is 126 Å². The number of nitrogens with zero attached hydrogens (tertiary/aromatic N) is 1. The number of aromatic nitrogens is 1. The summed E-state index contributed by atoms with van der Waals surface area (Å²) in [6.07, 6.45) is 5.32. The quantitative estimate of drug-likeness (QED) is 0.841. The molecule has 0 spiro atoms. The highest BCUT2D eigenvalue weighted by Gasteiger charge is 2.30. The predicted molar refractivity (Wildman–Crippen MR) is 80.8 cm³/mol. The van der Waals surface area contributed by atoms with Crippen LogP contribution in [0.5, 0.6) is 0 Å². The fourth-order valence-electron chi connectivity index (χ4n) is 1.93. The molecule has 1 fully saturated rings. The average Bonchev–Trinajstić information content (AvgIpc) is 3.19. The van der Waals surface area contributed by atoms with Crippen molar-refractivity contribution >= 4 is 30.7 Å². The van der Waals surface area contributed by atoms with Crippen molar-refractivity contribution < 1.29 is 4.79 Å². The van der Waals surface area contributed by atoms with Crippen molar-refractivity contribution in [1.29, 1.82) is 0 Å². The minimum absolute atomic E-state index is 0. The summed E-state index contributed by atoms with van der Waals surface area (Å²) in [5.41, 5.74) is 6.60. The molecule has 1 saturated carbocycles. The molecule has 0 aliphatic heterocycles. The lowest BCUT2D eigenvalue weighted by Crippen LogP contribution is -2.41. The second-order valence-corrected chi connectivity index (χ2v) is 4.57. The third-order valence-corrected chi connectivity index (χ3v) is 3.13. The maximum atomic E-state index is 11.7. The van der Waals surface area contributed by atoms with Gasteiger partial charge in [0.25, 0.3) is 0 Å². The lowest BCUT2D eigenvalue weighted by Gasteiger charge is -2.15. The van der Waals surface area contributed by atoms with Crippen molar-refractivity contribution in [3.8, 4) is 0 Å². The molecule has 6 heteroatoms. The number of nitrogens with two attached hydrogens (primary N) is 1. The third-order valence-electron chi connectivity index (χ3n) is 3.13. The molecule has 108 valence electrons. The second-order valence-electron chi connectivity index (χ2n) is 4.57. The number of aryl methyl sites for hydroxylation is 1. The van der Waals surface area contributed by atoms with E-state index < -0.39 is 0 Å². The molecule has 1 aliphatic carbocycles. The molecule has 1 unspecified atom stereocenters. The van der Waals surface area contributed by atoms with Crippen molar-refractivity contribution in [3.05, 3.63) is 30.1 Å². The summed E-state index contributed by atoms with van der Waals surface area (Å²) in [5, 5.41) is 3.01. The highest BCUT2D eigenvalue weighted by molar-refractivity contribution is 5.85. The summed E-state index contributed by atoms with van der Waals surface area (Å²) in [4.78, 5) is 15.9. The number of hydrogen-bond donors (Lipinski definition) is 2. The molecule has 1 aliphatic rings. The Bertz CT molecular complexity index is 371. The number of nitrogens with one attached hydrogen (secondary N) is 1. The first-order chi connectivity index (χ1) is 8.29. The molecule has 0 saturated heterocycles. The number of rotatable bonds is 6. The van der Waals surface area contributed by atoms with Crippen LogP contribution in [0.15, 0.2) is 24.4 Å². The van der Waals surface area contributed by atoms with Crippen LogP contribution in [0.4, 0.5) is 0 Å². The monoisotopic (exact) mass is 305 g/mol. The van der Waals surface area contributed by atoms with E-state index in [9.17, 15) is 4.79 Å². The van der Waals surface area contributed by atoms with Crippen molar-refractivity contribution in [3.63, 3.8) is 0 Å². The zero-order chi connectivity index (χ0) is 12.1. The zero-order valence-corrected chi connectivity index (χ0v) is 12.4. The third kappa shape index (κ3) is 6.23. The fraction of sp³-hybridized carbons (Fsp3) is 0.538. The van der Waals surface area contributed by atoms with Gasteiger partial charge in [0.2, 0.25) is 5.91 Å². The van der Waals surface area contributed by atoms with Crippen molar-refractivity contribution in [2.24, 2.45) is 11.7 Å².